The first-order valence-electron chi connectivity index (χ1n) is 6.97. The highest BCUT2D eigenvalue weighted by Gasteiger charge is 2.27. The van der Waals surface area contributed by atoms with Crippen molar-refractivity contribution in [1.29, 1.82) is 0 Å². The third kappa shape index (κ3) is 3.13. The van der Waals surface area contributed by atoms with Crippen molar-refractivity contribution in [2.75, 3.05) is 23.7 Å². The lowest BCUT2D eigenvalue weighted by Crippen LogP contribution is -2.24. The number of nitrogens with two attached hydrogens (primary N) is 1. The minimum atomic E-state index is -0.263. The van der Waals surface area contributed by atoms with Crippen LogP contribution >= 0.6 is 0 Å². The van der Waals surface area contributed by atoms with Gasteiger partial charge in [-0.1, -0.05) is 6.07 Å². The zero-order valence-corrected chi connectivity index (χ0v) is 12.0. The summed E-state index contributed by atoms with van der Waals surface area (Å²) >= 11 is 0. The van der Waals surface area contributed by atoms with Crippen molar-refractivity contribution < 1.29 is 9.84 Å². The maximum absolute atomic E-state index is 9.68. The van der Waals surface area contributed by atoms with Crippen molar-refractivity contribution >= 4 is 11.4 Å². The summed E-state index contributed by atoms with van der Waals surface area (Å²) in [7, 11) is 0. The molecule has 0 saturated carbocycles. The molecule has 19 heavy (non-hydrogen) atoms. The van der Waals surface area contributed by atoms with Gasteiger partial charge >= 0.3 is 0 Å². The Bertz CT molecular complexity index is 432. The zero-order chi connectivity index (χ0) is 14.0. The first kappa shape index (κ1) is 14.0. The molecular weight excluding hydrogens is 240 g/mol. The predicted molar refractivity (Wildman–Crippen MR) is 78.6 cm³/mol. The van der Waals surface area contributed by atoms with E-state index in [0.717, 1.165) is 30.9 Å². The fourth-order valence-electron chi connectivity index (χ4n) is 2.56. The Morgan fingerprint density at radius 3 is 2.68 bits per heavy atom. The molecule has 4 heteroatoms. The van der Waals surface area contributed by atoms with Crippen molar-refractivity contribution in [2.45, 2.75) is 39.4 Å². The van der Waals surface area contributed by atoms with Crippen LogP contribution in [0.3, 0.4) is 0 Å². The molecule has 1 aliphatic rings. The van der Waals surface area contributed by atoms with Gasteiger partial charge in [0.2, 0.25) is 0 Å². The number of anilines is 2. The Morgan fingerprint density at radius 2 is 2.11 bits per heavy atom. The maximum Gasteiger partial charge on any atom is 0.144 e. The Balaban J connectivity index is 2.17. The molecule has 0 radical (unpaired) electrons. The van der Waals surface area contributed by atoms with Crippen LogP contribution in [0.25, 0.3) is 0 Å². The van der Waals surface area contributed by atoms with Crippen LogP contribution in [0.5, 0.6) is 5.75 Å². The van der Waals surface area contributed by atoms with Crippen LogP contribution < -0.4 is 15.4 Å². The van der Waals surface area contributed by atoms with Crippen molar-refractivity contribution in [1.82, 2.24) is 0 Å². The maximum atomic E-state index is 9.68. The van der Waals surface area contributed by atoms with Gasteiger partial charge in [-0.15, -0.1) is 0 Å². The number of nitrogens with zero attached hydrogens (tertiary/aromatic N) is 1. The van der Waals surface area contributed by atoms with Crippen LogP contribution in [0.15, 0.2) is 18.2 Å². The second kappa shape index (κ2) is 5.70. The third-order valence-corrected chi connectivity index (χ3v) is 3.65. The van der Waals surface area contributed by atoms with E-state index in [4.69, 9.17) is 10.5 Å². The van der Waals surface area contributed by atoms with Gasteiger partial charge in [0.1, 0.15) is 5.75 Å². The van der Waals surface area contributed by atoms with E-state index in [1.807, 2.05) is 39.0 Å². The minimum Gasteiger partial charge on any atom is -0.489 e. The average Bonchev–Trinajstić information content (AvgIpc) is 2.80. The number of nitrogen functional groups attached to an aromatic ring is 1. The van der Waals surface area contributed by atoms with Gasteiger partial charge in [-0.05, 0) is 39.3 Å². The first-order valence-corrected chi connectivity index (χ1v) is 6.97. The molecule has 0 amide bonds. The van der Waals surface area contributed by atoms with Crippen LogP contribution in [-0.4, -0.2) is 30.4 Å². The normalized spacial score (nSPS) is 20.9. The summed E-state index contributed by atoms with van der Waals surface area (Å²) in [6, 6.07) is 5.90. The summed E-state index contributed by atoms with van der Waals surface area (Å²) in [5.41, 5.74) is 7.92. The summed E-state index contributed by atoms with van der Waals surface area (Å²) in [4.78, 5) is 2.24. The number of benzene rings is 1. The van der Waals surface area contributed by atoms with Crippen LogP contribution in [0, 0.1) is 5.92 Å². The van der Waals surface area contributed by atoms with Gasteiger partial charge in [-0.3, -0.25) is 0 Å². The van der Waals surface area contributed by atoms with Gasteiger partial charge in [-0.25, -0.2) is 0 Å². The standard InChI is InChI=1S/C15H24N2O2/c1-10(2)19-14-6-4-5-13(15(14)16)17-8-7-12(9-17)11(3)18/h4-6,10-12,18H,7-9,16H2,1-3H3. The molecule has 1 fully saturated rings. The molecule has 1 aromatic carbocycles. The van der Waals surface area contributed by atoms with Gasteiger partial charge in [-0.2, -0.15) is 0 Å². The molecule has 3 N–H and O–H groups in total. The van der Waals surface area contributed by atoms with E-state index >= 15 is 0 Å². The quantitative estimate of drug-likeness (QED) is 0.819. The van der Waals surface area contributed by atoms with Crippen LogP contribution in [0.4, 0.5) is 11.4 Å². The molecule has 0 aromatic heterocycles. The van der Waals surface area contributed by atoms with E-state index in [0.29, 0.717) is 11.6 Å². The molecule has 1 saturated heterocycles. The molecule has 1 heterocycles. The van der Waals surface area contributed by atoms with Crippen molar-refractivity contribution in [3.63, 3.8) is 0 Å². The molecule has 0 bridgehead atoms. The Labute approximate surface area is 115 Å². The number of aliphatic hydroxyl groups excluding tert-OH is 1. The number of para-hydroxylation sites is 1. The molecule has 0 aliphatic carbocycles. The van der Waals surface area contributed by atoms with Crippen LogP contribution in [0.1, 0.15) is 27.2 Å². The van der Waals surface area contributed by atoms with E-state index in [2.05, 4.69) is 4.90 Å². The van der Waals surface area contributed by atoms with Gasteiger partial charge in [0, 0.05) is 19.0 Å². The lowest BCUT2D eigenvalue weighted by atomic mass is 10.0. The zero-order valence-electron chi connectivity index (χ0n) is 12.0. The van der Waals surface area contributed by atoms with Gasteiger partial charge in [0.25, 0.3) is 0 Å². The predicted octanol–water partition coefficient (Wildman–Crippen LogP) is 2.26. The molecule has 106 valence electrons. The highest BCUT2D eigenvalue weighted by molar-refractivity contribution is 5.74. The summed E-state index contributed by atoms with van der Waals surface area (Å²) in [6.45, 7) is 7.63. The van der Waals surface area contributed by atoms with E-state index in [1.54, 1.807) is 0 Å². The van der Waals surface area contributed by atoms with Crippen molar-refractivity contribution in [2.24, 2.45) is 5.92 Å². The van der Waals surface area contributed by atoms with Gasteiger partial charge in [0.15, 0.2) is 0 Å². The van der Waals surface area contributed by atoms with Crippen molar-refractivity contribution in [3.05, 3.63) is 18.2 Å². The molecule has 2 atom stereocenters. The largest absolute Gasteiger partial charge is 0.489 e. The molecule has 1 aromatic rings. The molecule has 1 aliphatic heterocycles. The first-order chi connectivity index (χ1) is 8.99. The Kier molecular flexibility index (Phi) is 4.20. The second-order valence-corrected chi connectivity index (χ2v) is 5.59. The minimum absolute atomic E-state index is 0.112. The molecular formula is C15H24N2O2. The molecule has 2 rings (SSSR count). The lowest BCUT2D eigenvalue weighted by molar-refractivity contribution is 0.136. The van der Waals surface area contributed by atoms with Crippen LogP contribution in [-0.2, 0) is 0 Å². The number of hydrogen-bond donors (Lipinski definition) is 2. The summed E-state index contributed by atoms with van der Waals surface area (Å²) in [5.74, 6) is 1.07. The lowest BCUT2D eigenvalue weighted by Gasteiger charge is -2.23. The monoisotopic (exact) mass is 264 g/mol. The number of ether oxygens (including phenoxy) is 1. The Hall–Kier alpha value is -1.42. The number of hydrogen-bond acceptors (Lipinski definition) is 4. The van der Waals surface area contributed by atoms with E-state index in [1.165, 1.54) is 0 Å². The number of rotatable bonds is 4. The van der Waals surface area contributed by atoms with E-state index < -0.39 is 0 Å². The summed E-state index contributed by atoms with van der Waals surface area (Å²) < 4.78 is 5.72. The SMILES string of the molecule is CC(C)Oc1cccc(N2CCC(C(C)O)C2)c1N. The van der Waals surface area contributed by atoms with Gasteiger partial charge < -0.3 is 20.5 Å². The highest BCUT2D eigenvalue weighted by Crippen LogP contribution is 2.36. The van der Waals surface area contributed by atoms with Gasteiger partial charge in [0.05, 0.1) is 23.6 Å². The highest BCUT2D eigenvalue weighted by atomic mass is 16.5. The second-order valence-electron chi connectivity index (χ2n) is 5.59. The smallest absolute Gasteiger partial charge is 0.144 e. The summed E-state index contributed by atoms with van der Waals surface area (Å²) in [6.07, 6.45) is 0.856. The fourth-order valence-corrected chi connectivity index (χ4v) is 2.56. The van der Waals surface area contributed by atoms with Crippen LogP contribution in [0.2, 0.25) is 0 Å². The van der Waals surface area contributed by atoms with E-state index in [9.17, 15) is 5.11 Å². The molecule has 2 unspecified atom stereocenters. The fraction of sp³-hybridized carbons (Fsp3) is 0.600. The Morgan fingerprint density at radius 1 is 1.37 bits per heavy atom. The van der Waals surface area contributed by atoms with Crippen molar-refractivity contribution in [3.8, 4) is 5.75 Å². The van der Waals surface area contributed by atoms with E-state index in [-0.39, 0.29) is 12.2 Å². The topological polar surface area (TPSA) is 58.7 Å². The summed E-state index contributed by atoms with van der Waals surface area (Å²) in [5, 5.41) is 9.68. The third-order valence-electron chi connectivity index (χ3n) is 3.65. The average molecular weight is 264 g/mol. The molecule has 0 spiro atoms. The number of aliphatic hydroxyl groups is 1. The molecule has 4 nitrogen and oxygen atoms in total.